The van der Waals surface area contributed by atoms with Crippen molar-refractivity contribution < 1.29 is 14.3 Å². The summed E-state index contributed by atoms with van der Waals surface area (Å²) in [7, 11) is 0. The van der Waals surface area contributed by atoms with Gasteiger partial charge in [0.2, 0.25) is 5.91 Å². The average Bonchev–Trinajstić information content (AvgIpc) is 3.37. The van der Waals surface area contributed by atoms with E-state index in [-0.39, 0.29) is 17.8 Å². The number of nitrogens with one attached hydrogen (secondary N) is 2. The molecule has 1 amide bonds. The minimum absolute atomic E-state index is 0.0153. The van der Waals surface area contributed by atoms with Crippen LogP contribution >= 0.6 is 0 Å². The van der Waals surface area contributed by atoms with Gasteiger partial charge in [-0.25, -0.2) is 0 Å². The molecule has 1 aromatic heterocycles. The molecule has 5 heteroatoms. The Morgan fingerprint density at radius 2 is 1.85 bits per heavy atom. The first kappa shape index (κ1) is 21.0. The Labute approximate surface area is 192 Å². The molecule has 0 unspecified atom stereocenters. The molecule has 1 aliphatic heterocycles. The molecule has 4 aromatic rings. The number of ketones is 1. The summed E-state index contributed by atoms with van der Waals surface area (Å²) in [4.78, 5) is 28.0. The molecular weight excluding hydrogens is 412 g/mol. The number of ether oxygens (including phenoxy) is 1. The number of H-pyrrole nitrogens is 1. The van der Waals surface area contributed by atoms with Gasteiger partial charge in [0.1, 0.15) is 11.9 Å². The molecule has 1 atom stereocenters. The van der Waals surface area contributed by atoms with Crippen LogP contribution in [0.3, 0.4) is 0 Å². The van der Waals surface area contributed by atoms with Crippen molar-refractivity contribution in [2.45, 2.75) is 32.8 Å². The normalized spacial score (nSPS) is 14.7. The van der Waals surface area contributed by atoms with Gasteiger partial charge < -0.3 is 15.0 Å². The van der Waals surface area contributed by atoms with Crippen LogP contribution in [0.25, 0.3) is 22.0 Å². The van der Waals surface area contributed by atoms with Crippen molar-refractivity contribution >= 4 is 22.6 Å². The summed E-state index contributed by atoms with van der Waals surface area (Å²) in [5.41, 5.74) is 6.85. The summed E-state index contributed by atoms with van der Waals surface area (Å²) in [6.45, 7) is 4.04. The molecule has 166 valence electrons. The van der Waals surface area contributed by atoms with Crippen molar-refractivity contribution in [2.24, 2.45) is 0 Å². The lowest BCUT2D eigenvalue weighted by molar-refractivity contribution is -0.120. The Morgan fingerprint density at radius 1 is 1.06 bits per heavy atom. The van der Waals surface area contributed by atoms with Crippen LogP contribution in [0.5, 0.6) is 5.75 Å². The standard InChI is InChI=1S/C28H26N2O3/c1-17-25(24-9-5-6-10-26(24)30-17)15-28(32)29-16-21-14-20-13-19(11-12-27(20)33-21)23-8-4-3-7-22(23)18(2)31/h3-13,21,30H,14-16H2,1-2H3,(H,29,32)/t21-/m0/s1. The van der Waals surface area contributed by atoms with E-state index >= 15 is 0 Å². The van der Waals surface area contributed by atoms with E-state index in [4.69, 9.17) is 4.74 Å². The summed E-state index contributed by atoms with van der Waals surface area (Å²) in [5.74, 6) is 0.873. The number of carbonyl (C=O) groups is 2. The first-order valence-corrected chi connectivity index (χ1v) is 11.2. The molecule has 0 spiro atoms. The van der Waals surface area contributed by atoms with Gasteiger partial charge in [0.15, 0.2) is 5.78 Å². The molecular formula is C28H26N2O3. The number of hydrogen-bond donors (Lipinski definition) is 2. The molecule has 0 saturated heterocycles. The summed E-state index contributed by atoms with van der Waals surface area (Å²) in [5, 5.41) is 4.13. The predicted molar refractivity (Wildman–Crippen MR) is 130 cm³/mol. The van der Waals surface area contributed by atoms with E-state index in [9.17, 15) is 9.59 Å². The van der Waals surface area contributed by atoms with Crippen LogP contribution in [0.2, 0.25) is 0 Å². The third kappa shape index (κ3) is 4.14. The third-order valence-electron chi connectivity index (χ3n) is 6.31. The number of rotatable bonds is 6. The molecule has 0 aliphatic carbocycles. The summed E-state index contributed by atoms with van der Waals surface area (Å²) >= 11 is 0. The maximum Gasteiger partial charge on any atom is 0.224 e. The molecule has 2 N–H and O–H groups in total. The summed E-state index contributed by atoms with van der Waals surface area (Å²) in [6.07, 6.45) is 0.950. The van der Waals surface area contributed by atoms with E-state index in [2.05, 4.69) is 16.4 Å². The van der Waals surface area contributed by atoms with Crippen molar-refractivity contribution in [3.63, 3.8) is 0 Å². The molecule has 0 bridgehead atoms. The second kappa shape index (κ2) is 8.58. The van der Waals surface area contributed by atoms with Gasteiger partial charge in [0.25, 0.3) is 0 Å². The number of aromatic nitrogens is 1. The lowest BCUT2D eigenvalue weighted by Crippen LogP contribution is -2.35. The van der Waals surface area contributed by atoms with Crippen molar-refractivity contribution in [3.05, 3.63) is 89.1 Å². The van der Waals surface area contributed by atoms with E-state index in [1.165, 1.54) is 0 Å². The zero-order chi connectivity index (χ0) is 22.9. The van der Waals surface area contributed by atoms with E-state index in [1.54, 1.807) is 6.92 Å². The SMILES string of the molecule is CC(=O)c1ccccc1-c1ccc2c(c1)C[C@@H](CNC(=O)Cc1c(C)[nH]c3ccccc13)O2. The zero-order valence-corrected chi connectivity index (χ0v) is 18.8. The molecule has 33 heavy (non-hydrogen) atoms. The maximum absolute atomic E-state index is 12.7. The smallest absolute Gasteiger partial charge is 0.224 e. The van der Waals surface area contributed by atoms with Crippen LogP contribution in [0.15, 0.2) is 66.7 Å². The summed E-state index contributed by atoms with van der Waals surface area (Å²) < 4.78 is 6.07. The van der Waals surface area contributed by atoms with Gasteiger partial charge in [0, 0.05) is 28.6 Å². The number of para-hydroxylation sites is 1. The van der Waals surface area contributed by atoms with Gasteiger partial charge in [-0.15, -0.1) is 0 Å². The van der Waals surface area contributed by atoms with E-state index in [1.807, 2.05) is 67.6 Å². The minimum atomic E-state index is -0.105. The molecule has 0 saturated carbocycles. The third-order valence-corrected chi connectivity index (χ3v) is 6.31. The zero-order valence-electron chi connectivity index (χ0n) is 18.8. The Kier molecular flexibility index (Phi) is 5.47. The number of benzene rings is 3. The maximum atomic E-state index is 12.7. The van der Waals surface area contributed by atoms with Crippen LogP contribution < -0.4 is 10.1 Å². The Bertz CT molecular complexity index is 1370. The molecule has 0 fully saturated rings. The van der Waals surface area contributed by atoms with Gasteiger partial charge in [-0.05, 0) is 54.3 Å². The highest BCUT2D eigenvalue weighted by atomic mass is 16.5. The predicted octanol–water partition coefficient (Wildman–Crippen LogP) is 5.01. The van der Waals surface area contributed by atoms with Crippen LogP contribution in [0.1, 0.15) is 34.1 Å². The highest BCUT2D eigenvalue weighted by Gasteiger charge is 2.24. The molecule has 3 aromatic carbocycles. The van der Waals surface area contributed by atoms with Crippen molar-refractivity contribution in [2.75, 3.05) is 6.54 Å². The first-order valence-electron chi connectivity index (χ1n) is 11.2. The van der Waals surface area contributed by atoms with E-state index in [0.717, 1.165) is 51.0 Å². The number of carbonyl (C=O) groups excluding carboxylic acids is 2. The Balaban J connectivity index is 1.24. The topological polar surface area (TPSA) is 71.2 Å². The fourth-order valence-electron chi connectivity index (χ4n) is 4.66. The molecule has 2 heterocycles. The van der Waals surface area contributed by atoms with Crippen molar-refractivity contribution in [1.29, 1.82) is 0 Å². The number of amides is 1. The van der Waals surface area contributed by atoms with Crippen LogP contribution in [-0.2, 0) is 17.6 Å². The number of aromatic amines is 1. The van der Waals surface area contributed by atoms with E-state index in [0.29, 0.717) is 18.5 Å². The summed E-state index contributed by atoms with van der Waals surface area (Å²) in [6, 6.07) is 21.7. The van der Waals surface area contributed by atoms with Crippen LogP contribution in [0, 0.1) is 6.92 Å². The highest BCUT2D eigenvalue weighted by Crippen LogP contribution is 2.34. The molecule has 0 radical (unpaired) electrons. The van der Waals surface area contributed by atoms with Gasteiger partial charge in [0.05, 0.1) is 13.0 Å². The Hall–Kier alpha value is -3.86. The second-order valence-corrected chi connectivity index (χ2v) is 8.62. The van der Waals surface area contributed by atoms with Crippen molar-refractivity contribution in [3.8, 4) is 16.9 Å². The van der Waals surface area contributed by atoms with Gasteiger partial charge in [-0.3, -0.25) is 9.59 Å². The molecule has 5 nitrogen and oxygen atoms in total. The molecule has 5 rings (SSSR count). The van der Waals surface area contributed by atoms with Crippen molar-refractivity contribution in [1.82, 2.24) is 10.3 Å². The lowest BCUT2D eigenvalue weighted by Gasteiger charge is -2.12. The lowest BCUT2D eigenvalue weighted by atomic mass is 9.95. The fraction of sp³-hybridized carbons (Fsp3) is 0.214. The number of hydrogen-bond acceptors (Lipinski definition) is 3. The van der Waals surface area contributed by atoms with Crippen LogP contribution in [-0.4, -0.2) is 29.3 Å². The van der Waals surface area contributed by atoms with E-state index < -0.39 is 0 Å². The fourth-order valence-corrected chi connectivity index (χ4v) is 4.66. The quantitative estimate of drug-likeness (QED) is 0.416. The number of Topliss-reactive ketones (excluding diaryl/α,β-unsaturated/α-hetero) is 1. The number of fused-ring (bicyclic) bond motifs is 2. The van der Waals surface area contributed by atoms with Crippen LogP contribution in [0.4, 0.5) is 0 Å². The second-order valence-electron chi connectivity index (χ2n) is 8.62. The highest BCUT2D eigenvalue weighted by molar-refractivity contribution is 6.00. The number of aryl methyl sites for hydroxylation is 1. The van der Waals surface area contributed by atoms with Gasteiger partial charge in [-0.1, -0.05) is 48.5 Å². The largest absolute Gasteiger partial charge is 0.488 e. The molecule has 1 aliphatic rings. The average molecular weight is 439 g/mol. The minimum Gasteiger partial charge on any atom is -0.488 e. The first-order chi connectivity index (χ1) is 16.0. The van der Waals surface area contributed by atoms with Gasteiger partial charge >= 0.3 is 0 Å². The Morgan fingerprint density at radius 3 is 2.70 bits per heavy atom. The monoisotopic (exact) mass is 438 g/mol. The van der Waals surface area contributed by atoms with Gasteiger partial charge in [-0.2, -0.15) is 0 Å².